The third-order valence-electron chi connectivity index (χ3n) is 3.14. The summed E-state index contributed by atoms with van der Waals surface area (Å²) in [6.45, 7) is 0.821. The van der Waals surface area contributed by atoms with Crippen molar-refractivity contribution in [3.63, 3.8) is 0 Å². The second-order valence-corrected chi connectivity index (χ2v) is 4.43. The Labute approximate surface area is 99.2 Å². The topological polar surface area (TPSA) is 58.3 Å². The van der Waals surface area contributed by atoms with E-state index in [1.165, 1.54) is 0 Å². The quantitative estimate of drug-likeness (QED) is 0.781. The molecule has 1 atom stereocenters. The van der Waals surface area contributed by atoms with Crippen LogP contribution in [0.15, 0.2) is 30.5 Å². The van der Waals surface area contributed by atoms with Gasteiger partial charge in [-0.25, -0.2) is 4.98 Å². The number of phenolic OH excluding ortho intramolecular Hbond substituents is 1. The second kappa shape index (κ2) is 3.89. The van der Waals surface area contributed by atoms with Crippen LogP contribution >= 0.6 is 0 Å². The highest BCUT2D eigenvalue weighted by molar-refractivity contribution is 5.59. The van der Waals surface area contributed by atoms with Crippen LogP contribution in [0, 0.1) is 0 Å². The second-order valence-electron chi connectivity index (χ2n) is 4.43. The third kappa shape index (κ3) is 1.91. The number of hydrogen-bond acceptors (Lipinski definition) is 3. The lowest BCUT2D eigenvalue weighted by molar-refractivity contribution is 0.141. The average Bonchev–Trinajstić information content (AvgIpc) is 2.72. The SMILES string of the molecule is Oc1ccc(-c2cn3c(n2)CC(O)CC3)cc1. The molecule has 0 fully saturated rings. The molecule has 0 aliphatic carbocycles. The maximum atomic E-state index is 9.59. The van der Waals surface area contributed by atoms with Crippen molar-refractivity contribution in [3.05, 3.63) is 36.3 Å². The number of phenols is 1. The Balaban J connectivity index is 1.97. The molecule has 0 bridgehead atoms. The molecular formula is C13H14N2O2. The number of rotatable bonds is 1. The average molecular weight is 230 g/mol. The van der Waals surface area contributed by atoms with Crippen molar-refractivity contribution in [3.8, 4) is 17.0 Å². The summed E-state index contributed by atoms with van der Waals surface area (Å²) in [5.41, 5.74) is 1.88. The predicted molar refractivity (Wildman–Crippen MR) is 63.7 cm³/mol. The molecule has 1 aromatic heterocycles. The zero-order valence-corrected chi connectivity index (χ0v) is 9.37. The first kappa shape index (κ1) is 10.4. The standard InChI is InChI=1S/C13H14N2O2/c16-10-3-1-9(2-4-10)12-8-15-6-5-11(17)7-13(15)14-12/h1-4,8,11,16-17H,5-7H2. The molecule has 0 amide bonds. The van der Waals surface area contributed by atoms with Gasteiger partial charge in [-0.1, -0.05) is 0 Å². The normalized spacial score (nSPS) is 19.0. The van der Waals surface area contributed by atoms with Gasteiger partial charge >= 0.3 is 0 Å². The van der Waals surface area contributed by atoms with Crippen molar-refractivity contribution in [2.75, 3.05) is 0 Å². The van der Waals surface area contributed by atoms with Crippen LogP contribution in [0.2, 0.25) is 0 Å². The van der Waals surface area contributed by atoms with E-state index in [1.807, 2.05) is 18.3 Å². The Morgan fingerprint density at radius 1 is 1.24 bits per heavy atom. The van der Waals surface area contributed by atoms with Crippen LogP contribution in [-0.2, 0) is 13.0 Å². The molecule has 4 heteroatoms. The summed E-state index contributed by atoms with van der Waals surface area (Å²) in [5, 5.41) is 18.8. The number of hydrogen-bond donors (Lipinski definition) is 2. The first-order valence-electron chi connectivity index (χ1n) is 5.76. The summed E-state index contributed by atoms with van der Waals surface area (Å²) in [7, 11) is 0. The van der Waals surface area contributed by atoms with Crippen LogP contribution in [0.3, 0.4) is 0 Å². The van der Waals surface area contributed by atoms with Crippen molar-refractivity contribution in [1.82, 2.24) is 9.55 Å². The van der Waals surface area contributed by atoms with Crippen LogP contribution in [0.25, 0.3) is 11.3 Å². The lowest BCUT2D eigenvalue weighted by Gasteiger charge is -2.18. The van der Waals surface area contributed by atoms with Gasteiger partial charge in [-0.2, -0.15) is 0 Å². The molecule has 0 saturated carbocycles. The molecule has 2 heterocycles. The summed E-state index contributed by atoms with van der Waals surface area (Å²) < 4.78 is 2.09. The zero-order valence-electron chi connectivity index (χ0n) is 9.37. The van der Waals surface area contributed by atoms with E-state index in [9.17, 15) is 10.2 Å². The minimum Gasteiger partial charge on any atom is -0.508 e. The Hall–Kier alpha value is -1.81. The summed E-state index contributed by atoms with van der Waals surface area (Å²) in [6, 6.07) is 7.01. The van der Waals surface area contributed by atoms with E-state index in [0.717, 1.165) is 30.0 Å². The van der Waals surface area contributed by atoms with Crippen molar-refractivity contribution in [1.29, 1.82) is 0 Å². The van der Waals surface area contributed by atoms with Crippen molar-refractivity contribution >= 4 is 0 Å². The van der Waals surface area contributed by atoms with Crippen LogP contribution in [0.4, 0.5) is 0 Å². The van der Waals surface area contributed by atoms with Gasteiger partial charge in [0.05, 0.1) is 11.8 Å². The number of aromatic nitrogens is 2. The zero-order chi connectivity index (χ0) is 11.8. The highest BCUT2D eigenvalue weighted by atomic mass is 16.3. The third-order valence-corrected chi connectivity index (χ3v) is 3.14. The molecule has 1 aliphatic rings. The number of fused-ring (bicyclic) bond motifs is 1. The van der Waals surface area contributed by atoms with Gasteiger partial charge in [0.1, 0.15) is 11.6 Å². The smallest absolute Gasteiger partial charge is 0.115 e. The minimum atomic E-state index is -0.266. The van der Waals surface area contributed by atoms with E-state index in [2.05, 4.69) is 9.55 Å². The largest absolute Gasteiger partial charge is 0.508 e. The number of aliphatic hydroxyl groups excluding tert-OH is 1. The Bertz CT molecular complexity index is 531. The van der Waals surface area contributed by atoms with Gasteiger partial charge in [0.2, 0.25) is 0 Å². The fraction of sp³-hybridized carbons (Fsp3) is 0.308. The van der Waals surface area contributed by atoms with Crippen molar-refractivity contribution in [2.45, 2.75) is 25.5 Å². The van der Waals surface area contributed by atoms with E-state index in [1.54, 1.807) is 12.1 Å². The fourth-order valence-electron chi connectivity index (χ4n) is 2.18. The molecule has 0 saturated heterocycles. The van der Waals surface area contributed by atoms with Gasteiger partial charge in [0, 0.05) is 24.7 Å². The van der Waals surface area contributed by atoms with Crippen LogP contribution in [0.1, 0.15) is 12.2 Å². The maximum Gasteiger partial charge on any atom is 0.115 e. The van der Waals surface area contributed by atoms with E-state index in [4.69, 9.17) is 0 Å². The first-order chi connectivity index (χ1) is 8.22. The van der Waals surface area contributed by atoms with E-state index in [0.29, 0.717) is 6.42 Å². The van der Waals surface area contributed by atoms with Crippen LogP contribution < -0.4 is 0 Å². The first-order valence-corrected chi connectivity index (χ1v) is 5.76. The van der Waals surface area contributed by atoms with Crippen molar-refractivity contribution in [2.24, 2.45) is 0 Å². The molecule has 0 radical (unpaired) electrons. The van der Waals surface area contributed by atoms with Crippen LogP contribution in [0.5, 0.6) is 5.75 Å². The number of aromatic hydroxyl groups is 1. The van der Waals surface area contributed by atoms with E-state index in [-0.39, 0.29) is 11.9 Å². The number of aryl methyl sites for hydroxylation is 1. The maximum absolute atomic E-state index is 9.59. The van der Waals surface area contributed by atoms with Gasteiger partial charge in [-0.05, 0) is 30.7 Å². The number of benzene rings is 1. The van der Waals surface area contributed by atoms with Crippen molar-refractivity contribution < 1.29 is 10.2 Å². The number of imidazole rings is 1. The molecule has 1 aliphatic heterocycles. The highest BCUT2D eigenvalue weighted by Gasteiger charge is 2.18. The molecule has 0 spiro atoms. The van der Waals surface area contributed by atoms with E-state index >= 15 is 0 Å². The molecule has 3 rings (SSSR count). The van der Waals surface area contributed by atoms with Gasteiger partial charge in [0.15, 0.2) is 0 Å². The van der Waals surface area contributed by atoms with Gasteiger partial charge in [-0.15, -0.1) is 0 Å². The molecule has 2 N–H and O–H groups in total. The molecule has 2 aromatic rings. The molecular weight excluding hydrogens is 216 g/mol. The summed E-state index contributed by atoms with van der Waals surface area (Å²) in [6.07, 6.45) is 3.15. The number of aliphatic hydroxyl groups is 1. The minimum absolute atomic E-state index is 0.258. The summed E-state index contributed by atoms with van der Waals surface area (Å²) in [4.78, 5) is 4.52. The highest BCUT2D eigenvalue weighted by Crippen LogP contribution is 2.24. The van der Waals surface area contributed by atoms with E-state index < -0.39 is 0 Å². The lowest BCUT2D eigenvalue weighted by atomic mass is 10.1. The molecule has 88 valence electrons. The number of nitrogens with zero attached hydrogens (tertiary/aromatic N) is 2. The lowest BCUT2D eigenvalue weighted by Crippen LogP contribution is -2.22. The Morgan fingerprint density at radius 3 is 2.76 bits per heavy atom. The molecule has 1 unspecified atom stereocenters. The van der Waals surface area contributed by atoms with Crippen LogP contribution in [-0.4, -0.2) is 25.9 Å². The Kier molecular flexibility index (Phi) is 2.37. The Morgan fingerprint density at radius 2 is 2.00 bits per heavy atom. The fourth-order valence-corrected chi connectivity index (χ4v) is 2.18. The molecule has 4 nitrogen and oxygen atoms in total. The van der Waals surface area contributed by atoms with Gasteiger partial charge in [0.25, 0.3) is 0 Å². The molecule has 17 heavy (non-hydrogen) atoms. The monoisotopic (exact) mass is 230 g/mol. The summed E-state index contributed by atoms with van der Waals surface area (Å²) in [5.74, 6) is 1.19. The predicted octanol–water partition coefficient (Wildman–Crippen LogP) is 1.56. The van der Waals surface area contributed by atoms with Gasteiger partial charge < -0.3 is 14.8 Å². The van der Waals surface area contributed by atoms with Gasteiger partial charge in [-0.3, -0.25) is 0 Å². The molecule has 1 aromatic carbocycles. The summed E-state index contributed by atoms with van der Waals surface area (Å²) >= 11 is 0.